The third-order valence-electron chi connectivity index (χ3n) is 4.18. The van der Waals surface area contributed by atoms with Gasteiger partial charge >= 0.3 is 0 Å². The van der Waals surface area contributed by atoms with Gasteiger partial charge in [0.05, 0.1) is 31.9 Å². The number of hydrogen-bond acceptors (Lipinski definition) is 7. The molecule has 1 amide bonds. The lowest BCUT2D eigenvalue weighted by Gasteiger charge is -2.28. The summed E-state index contributed by atoms with van der Waals surface area (Å²) in [5.74, 6) is 2.06. The number of aryl methyl sites for hydroxylation is 3. The van der Waals surface area contributed by atoms with Gasteiger partial charge in [-0.1, -0.05) is 5.16 Å². The lowest BCUT2D eigenvalue weighted by atomic mass is 10.1. The number of carbonyl (C=O) groups excluding carboxylic acids is 1. The van der Waals surface area contributed by atoms with Crippen LogP contribution in [0.25, 0.3) is 0 Å². The fourth-order valence-electron chi connectivity index (χ4n) is 2.80. The van der Waals surface area contributed by atoms with Gasteiger partial charge in [0.15, 0.2) is 0 Å². The third-order valence-corrected chi connectivity index (χ3v) is 4.18. The van der Waals surface area contributed by atoms with Crippen molar-refractivity contribution in [3.05, 3.63) is 34.6 Å². The van der Waals surface area contributed by atoms with E-state index in [9.17, 15) is 4.79 Å². The Bertz CT molecular complexity index is 733. The Morgan fingerprint density at radius 1 is 1.24 bits per heavy atom. The first-order chi connectivity index (χ1) is 12.0. The van der Waals surface area contributed by atoms with Crippen LogP contribution in [0.5, 0.6) is 0 Å². The van der Waals surface area contributed by atoms with Crippen molar-refractivity contribution in [1.82, 2.24) is 20.4 Å². The average Bonchev–Trinajstić information content (AvgIpc) is 2.92. The van der Waals surface area contributed by atoms with Crippen LogP contribution in [-0.4, -0.2) is 47.3 Å². The van der Waals surface area contributed by atoms with Crippen LogP contribution in [-0.2, 0) is 22.5 Å². The van der Waals surface area contributed by atoms with E-state index < -0.39 is 0 Å². The fourth-order valence-corrected chi connectivity index (χ4v) is 2.80. The number of hydrogen-bond donors (Lipinski definition) is 1. The summed E-state index contributed by atoms with van der Waals surface area (Å²) >= 11 is 0. The summed E-state index contributed by atoms with van der Waals surface area (Å²) in [4.78, 5) is 23.4. The first kappa shape index (κ1) is 17.3. The van der Waals surface area contributed by atoms with Crippen molar-refractivity contribution in [2.75, 3.05) is 31.2 Å². The molecular weight excluding hydrogens is 322 g/mol. The molecule has 0 spiro atoms. The molecule has 0 aliphatic carbocycles. The molecular formula is C17H23N5O3. The highest BCUT2D eigenvalue weighted by molar-refractivity contribution is 5.78. The summed E-state index contributed by atoms with van der Waals surface area (Å²) in [5.41, 5.74) is 2.46. The van der Waals surface area contributed by atoms with Crippen LogP contribution in [0.2, 0.25) is 0 Å². The first-order valence-electron chi connectivity index (χ1n) is 8.38. The number of carbonyl (C=O) groups is 1. The van der Waals surface area contributed by atoms with E-state index in [1.807, 2.05) is 19.9 Å². The zero-order valence-corrected chi connectivity index (χ0v) is 14.8. The molecule has 3 rings (SSSR count). The maximum absolute atomic E-state index is 12.2. The molecule has 1 N–H and O–H groups in total. The van der Waals surface area contributed by atoms with Gasteiger partial charge in [-0.2, -0.15) is 0 Å². The van der Waals surface area contributed by atoms with Gasteiger partial charge in [0, 0.05) is 30.4 Å². The second kappa shape index (κ2) is 7.60. The number of rotatable bonds is 5. The second-order valence-corrected chi connectivity index (χ2v) is 6.14. The SMILES string of the molecule is Cc1cc(N2CCOCC2)nc(CNC(=O)Cc2c(C)noc2C)n1. The lowest BCUT2D eigenvalue weighted by molar-refractivity contribution is -0.120. The normalized spacial score (nSPS) is 14.6. The van der Waals surface area contributed by atoms with Crippen LogP contribution in [0, 0.1) is 20.8 Å². The molecule has 3 heterocycles. The number of amides is 1. The molecule has 1 aliphatic heterocycles. The van der Waals surface area contributed by atoms with Gasteiger partial charge < -0.3 is 19.5 Å². The Hall–Kier alpha value is -2.48. The highest BCUT2D eigenvalue weighted by atomic mass is 16.5. The van der Waals surface area contributed by atoms with E-state index in [0.717, 1.165) is 35.9 Å². The topological polar surface area (TPSA) is 93.4 Å². The van der Waals surface area contributed by atoms with E-state index in [1.54, 1.807) is 6.92 Å². The van der Waals surface area contributed by atoms with E-state index in [2.05, 4.69) is 25.3 Å². The first-order valence-corrected chi connectivity index (χ1v) is 8.38. The minimum Gasteiger partial charge on any atom is -0.378 e. The number of anilines is 1. The highest BCUT2D eigenvalue weighted by Gasteiger charge is 2.16. The van der Waals surface area contributed by atoms with Crippen LogP contribution in [0.15, 0.2) is 10.6 Å². The quantitative estimate of drug-likeness (QED) is 0.867. The Balaban J connectivity index is 1.62. The zero-order chi connectivity index (χ0) is 17.8. The zero-order valence-electron chi connectivity index (χ0n) is 14.8. The van der Waals surface area contributed by atoms with Crippen molar-refractivity contribution >= 4 is 11.7 Å². The van der Waals surface area contributed by atoms with Gasteiger partial charge in [0.2, 0.25) is 5.91 Å². The van der Waals surface area contributed by atoms with Crippen molar-refractivity contribution < 1.29 is 14.1 Å². The van der Waals surface area contributed by atoms with E-state index in [1.165, 1.54) is 0 Å². The molecule has 8 heteroatoms. The van der Waals surface area contributed by atoms with Gasteiger partial charge in [-0.25, -0.2) is 9.97 Å². The smallest absolute Gasteiger partial charge is 0.224 e. The predicted molar refractivity (Wildman–Crippen MR) is 91.3 cm³/mol. The molecule has 2 aromatic heterocycles. The Labute approximate surface area is 146 Å². The molecule has 0 bridgehead atoms. The Morgan fingerprint density at radius 3 is 2.68 bits per heavy atom. The highest BCUT2D eigenvalue weighted by Crippen LogP contribution is 2.15. The minimum atomic E-state index is -0.104. The third kappa shape index (κ3) is 4.33. The van der Waals surface area contributed by atoms with E-state index in [-0.39, 0.29) is 12.3 Å². The van der Waals surface area contributed by atoms with E-state index in [4.69, 9.17) is 9.26 Å². The molecule has 0 unspecified atom stereocenters. The van der Waals surface area contributed by atoms with E-state index >= 15 is 0 Å². The van der Waals surface area contributed by atoms with Crippen molar-refractivity contribution in [2.24, 2.45) is 0 Å². The monoisotopic (exact) mass is 345 g/mol. The molecule has 0 aromatic carbocycles. The van der Waals surface area contributed by atoms with Crippen LogP contribution >= 0.6 is 0 Å². The van der Waals surface area contributed by atoms with Gasteiger partial charge in [-0.15, -0.1) is 0 Å². The standard InChI is InChI=1S/C17H23N5O3/c1-11-8-16(22-4-6-24-7-5-22)20-15(19-11)10-18-17(23)9-14-12(2)21-25-13(14)3/h8H,4-7,9-10H2,1-3H3,(H,18,23). The number of nitrogens with one attached hydrogen (secondary N) is 1. The summed E-state index contributed by atoms with van der Waals surface area (Å²) < 4.78 is 10.5. The van der Waals surface area contributed by atoms with Crippen LogP contribution in [0.1, 0.15) is 28.5 Å². The molecule has 1 fully saturated rings. The summed E-state index contributed by atoms with van der Waals surface area (Å²) in [5, 5.41) is 6.74. The molecule has 25 heavy (non-hydrogen) atoms. The van der Waals surface area contributed by atoms with Gasteiger partial charge in [-0.3, -0.25) is 4.79 Å². The largest absolute Gasteiger partial charge is 0.378 e. The second-order valence-electron chi connectivity index (χ2n) is 6.14. The van der Waals surface area contributed by atoms with Crippen molar-refractivity contribution in [2.45, 2.75) is 33.7 Å². The summed E-state index contributed by atoms with van der Waals surface area (Å²) in [6.45, 7) is 8.89. The molecule has 1 saturated heterocycles. The molecule has 1 aliphatic rings. The van der Waals surface area contributed by atoms with Crippen molar-refractivity contribution in [1.29, 1.82) is 0 Å². The lowest BCUT2D eigenvalue weighted by Crippen LogP contribution is -2.37. The van der Waals surface area contributed by atoms with Gasteiger partial charge in [-0.05, 0) is 20.8 Å². The van der Waals surface area contributed by atoms with Gasteiger partial charge in [0.1, 0.15) is 17.4 Å². The van der Waals surface area contributed by atoms with Crippen LogP contribution < -0.4 is 10.2 Å². The van der Waals surface area contributed by atoms with Gasteiger partial charge in [0.25, 0.3) is 0 Å². The summed E-state index contributed by atoms with van der Waals surface area (Å²) in [7, 11) is 0. The number of aromatic nitrogens is 3. The summed E-state index contributed by atoms with van der Waals surface area (Å²) in [6, 6.07) is 1.96. The molecule has 134 valence electrons. The van der Waals surface area contributed by atoms with Crippen molar-refractivity contribution in [3.63, 3.8) is 0 Å². The molecule has 8 nitrogen and oxygen atoms in total. The van der Waals surface area contributed by atoms with E-state index in [0.29, 0.717) is 31.3 Å². The predicted octanol–water partition coefficient (Wildman–Crippen LogP) is 1.09. The average molecular weight is 345 g/mol. The maximum Gasteiger partial charge on any atom is 0.224 e. The molecule has 0 atom stereocenters. The van der Waals surface area contributed by atoms with Crippen LogP contribution in [0.4, 0.5) is 5.82 Å². The molecule has 0 saturated carbocycles. The molecule has 0 radical (unpaired) electrons. The number of morpholine rings is 1. The maximum atomic E-state index is 12.2. The Morgan fingerprint density at radius 2 is 2.00 bits per heavy atom. The number of ether oxygens (including phenoxy) is 1. The molecule has 2 aromatic rings. The number of nitrogens with zero attached hydrogens (tertiary/aromatic N) is 4. The Kier molecular flexibility index (Phi) is 5.28. The minimum absolute atomic E-state index is 0.104. The summed E-state index contributed by atoms with van der Waals surface area (Å²) in [6.07, 6.45) is 0.239. The van der Waals surface area contributed by atoms with Crippen LogP contribution in [0.3, 0.4) is 0 Å². The van der Waals surface area contributed by atoms with Crippen molar-refractivity contribution in [3.8, 4) is 0 Å². The fraction of sp³-hybridized carbons (Fsp3) is 0.529.